The fraction of sp³-hybridized carbons (Fsp3) is 0.355. The van der Waals surface area contributed by atoms with E-state index in [1.165, 1.54) is 5.56 Å². The summed E-state index contributed by atoms with van der Waals surface area (Å²) in [6, 6.07) is 22.2. The average molecular weight is 600 g/mol. The average Bonchev–Trinajstić information content (AvgIpc) is 2.91. The monoisotopic (exact) mass is 598 g/mol. The molecule has 7 heteroatoms. The summed E-state index contributed by atoms with van der Waals surface area (Å²) in [5, 5.41) is 3.61. The molecule has 0 radical (unpaired) electrons. The second kappa shape index (κ2) is 14.4. The van der Waals surface area contributed by atoms with Crippen molar-refractivity contribution in [2.75, 3.05) is 6.61 Å². The standard InChI is InChI=1S/C31H36BrClN2O3/c1-5-22(4)34-31(37)28(17-23-11-7-6-8-12-23)35(19-25-13-9-10-14-27(25)33)30(36)20-38-29-16-15-24(21(2)3)18-26(29)32/h6-16,18,21-22,28H,5,17,19-20H2,1-4H3,(H,34,37)/t22-,28+/m0/s1. The molecule has 2 atom stereocenters. The third kappa shape index (κ3) is 8.34. The summed E-state index contributed by atoms with van der Waals surface area (Å²) < 4.78 is 6.74. The van der Waals surface area contributed by atoms with Gasteiger partial charge in [0.15, 0.2) is 6.61 Å². The van der Waals surface area contributed by atoms with E-state index in [0.29, 0.717) is 23.1 Å². The number of halogens is 2. The Morgan fingerprint density at radius 2 is 1.68 bits per heavy atom. The van der Waals surface area contributed by atoms with Gasteiger partial charge in [0, 0.05) is 24.0 Å². The highest BCUT2D eigenvalue weighted by atomic mass is 79.9. The van der Waals surface area contributed by atoms with Gasteiger partial charge in [0.2, 0.25) is 5.91 Å². The maximum absolute atomic E-state index is 13.8. The lowest BCUT2D eigenvalue weighted by molar-refractivity contribution is -0.143. The third-order valence-electron chi connectivity index (χ3n) is 6.54. The van der Waals surface area contributed by atoms with E-state index >= 15 is 0 Å². The SMILES string of the molecule is CC[C@H](C)NC(=O)[C@@H](Cc1ccccc1)N(Cc1ccccc1Cl)C(=O)COc1ccc(C(C)C)cc1Br. The Balaban J connectivity index is 1.92. The highest BCUT2D eigenvalue weighted by molar-refractivity contribution is 9.10. The van der Waals surface area contributed by atoms with Crippen LogP contribution >= 0.6 is 27.5 Å². The summed E-state index contributed by atoms with van der Waals surface area (Å²) in [6.45, 7) is 8.18. The van der Waals surface area contributed by atoms with Gasteiger partial charge in [-0.05, 0) is 70.1 Å². The molecule has 0 heterocycles. The molecule has 0 aliphatic heterocycles. The van der Waals surface area contributed by atoms with E-state index in [1.54, 1.807) is 11.0 Å². The maximum atomic E-state index is 13.8. The van der Waals surface area contributed by atoms with Gasteiger partial charge in [0.25, 0.3) is 5.91 Å². The predicted octanol–water partition coefficient (Wildman–Crippen LogP) is 7.16. The molecule has 0 fully saturated rings. The summed E-state index contributed by atoms with van der Waals surface area (Å²) in [6.07, 6.45) is 1.15. The van der Waals surface area contributed by atoms with Gasteiger partial charge >= 0.3 is 0 Å². The van der Waals surface area contributed by atoms with Crippen LogP contribution in [0.4, 0.5) is 0 Å². The molecule has 38 heavy (non-hydrogen) atoms. The number of rotatable bonds is 12. The Bertz CT molecular complexity index is 1220. The number of amides is 2. The van der Waals surface area contributed by atoms with Gasteiger partial charge in [-0.2, -0.15) is 0 Å². The van der Waals surface area contributed by atoms with E-state index in [0.717, 1.165) is 22.0 Å². The lowest BCUT2D eigenvalue weighted by atomic mass is 10.0. The Morgan fingerprint density at radius 1 is 1.00 bits per heavy atom. The van der Waals surface area contributed by atoms with Crippen molar-refractivity contribution in [1.82, 2.24) is 10.2 Å². The molecule has 2 amide bonds. The molecule has 0 spiro atoms. The molecule has 0 bridgehead atoms. The minimum Gasteiger partial charge on any atom is -0.483 e. The van der Waals surface area contributed by atoms with Gasteiger partial charge in [-0.15, -0.1) is 0 Å². The van der Waals surface area contributed by atoms with Crippen LogP contribution in [0.5, 0.6) is 5.75 Å². The van der Waals surface area contributed by atoms with E-state index < -0.39 is 6.04 Å². The highest BCUT2D eigenvalue weighted by Gasteiger charge is 2.31. The molecule has 0 unspecified atom stereocenters. The van der Waals surface area contributed by atoms with Gasteiger partial charge < -0.3 is 15.0 Å². The second-order valence-corrected chi connectivity index (χ2v) is 11.0. The Morgan fingerprint density at radius 3 is 2.32 bits per heavy atom. The number of ether oxygens (including phenoxy) is 1. The van der Waals surface area contributed by atoms with Crippen molar-refractivity contribution >= 4 is 39.3 Å². The van der Waals surface area contributed by atoms with E-state index in [-0.39, 0.29) is 31.0 Å². The molecule has 0 saturated heterocycles. The first kappa shape index (κ1) is 29.7. The summed E-state index contributed by atoms with van der Waals surface area (Å²) in [5.41, 5.74) is 2.89. The van der Waals surface area contributed by atoms with Gasteiger partial charge in [0.1, 0.15) is 11.8 Å². The largest absolute Gasteiger partial charge is 0.483 e. The van der Waals surface area contributed by atoms with Crippen LogP contribution in [0.15, 0.2) is 77.3 Å². The second-order valence-electron chi connectivity index (χ2n) is 9.77. The van der Waals surface area contributed by atoms with Crippen LogP contribution < -0.4 is 10.1 Å². The van der Waals surface area contributed by atoms with Crippen molar-refractivity contribution in [3.05, 3.63) is 99.0 Å². The molecule has 0 aliphatic carbocycles. The molecule has 0 aromatic heterocycles. The van der Waals surface area contributed by atoms with Gasteiger partial charge in [-0.25, -0.2) is 0 Å². The topological polar surface area (TPSA) is 58.6 Å². The number of nitrogens with zero attached hydrogens (tertiary/aromatic N) is 1. The van der Waals surface area contributed by atoms with Crippen molar-refractivity contribution in [2.45, 2.75) is 65.1 Å². The normalized spacial score (nSPS) is 12.6. The van der Waals surface area contributed by atoms with Gasteiger partial charge in [-0.1, -0.05) is 87.0 Å². The number of nitrogens with one attached hydrogen (secondary N) is 1. The van der Waals surface area contributed by atoms with Crippen LogP contribution in [0.2, 0.25) is 5.02 Å². The fourth-order valence-corrected chi connectivity index (χ4v) is 4.73. The van der Waals surface area contributed by atoms with Crippen LogP contribution in [-0.4, -0.2) is 35.4 Å². The molecule has 5 nitrogen and oxygen atoms in total. The van der Waals surface area contributed by atoms with E-state index in [1.807, 2.05) is 80.6 Å². The Labute approximate surface area is 239 Å². The molecular formula is C31H36BrClN2O3. The predicted molar refractivity (Wildman–Crippen MR) is 158 cm³/mol. The Kier molecular flexibility index (Phi) is 11.2. The van der Waals surface area contributed by atoms with Gasteiger partial charge in [0.05, 0.1) is 4.47 Å². The van der Waals surface area contributed by atoms with Crippen LogP contribution in [0.25, 0.3) is 0 Å². The molecule has 1 N–H and O–H groups in total. The van der Waals surface area contributed by atoms with Crippen molar-refractivity contribution in [3.8, 4) is 5.75 Å². The maximum Gasteiger partial charge on any atom is 0.261 e. The first-order valence-corrected chi connectivity index (χ1v) is 14.2. The zero-order valence-electron chi connectivity index (χ0n) is 22.4. The Hall–Kier alpha value is -2.83. The highest BCUT2D eigenvalue weighted by Crippen LogP contribution is 2.29. The zero-order chi connectivity index (χ0) is 27.7. The van der Waals surface area contributed by atoms with Crippen molar-refractivity contribution in [2.24, 2.45) is 0 Å². The molecule has 3 rings (SSSR count). The van der Waals surface area contributed by atoms with Gasteiger partial charge in [-0.3, -0.25) is 9.59 Å². The van der Waals surface area contributed by atoms with E-state index in [2.05, 4.69) is 35.1 Å². The molecule has 0 aliphatic rings. The lowest BCUT2D eigenvalue weighted by Gasteiger charge is -2.32. The number of hydrogen-bond acceptors (Lipinski definition) is 3. The minimum absolute atomic E-state index is 0.0234. The first-order chi connectivity index (χ1) is 18.2. The number of hydrogen-bond donors (Lipinski definition) is 1. The summed E-state index contributed by atoms with van der Waals surface area (Å²) >= 11 is 10.0. The smallest absolute Gasteiger partial charge is 0.261 e. The third-order valence-corrected chi connectivity index (χ3v) is 7.53. The lowest BCUT2D eigenvalue weighted by Crippen LogP contribution is -2.53. The van der Waals surface area contributed by atoms with E-state index in [9.17, 15) is 9.59 Å². The van der Waals surface area contributed by atoms with Crippen LogP contribution in [0.3, 0.4) is 0 Å². The minimum atomic E-state index is -0.745. The van der Waals surface area contributed by atoms with Crippen LogP contribution in [-0.2, 0) is 22.6 Å². The van der Waals surface area contributed by atoms with E-state index in [4.69, 9.17) is 16.3 Å². The summed E-state index contributed by atoms with van der Waals surface area (Å²) in [7, 11) is 0. The first-order valence-electron chi connectivity index (χ1n) is 13.0. The number of carbonyl (C=O) groups excluding carboxylic acids is 2. The fourth-order valence-electron chi connectivity index (χ4n) is 4.02. The van der Waals surface area contributed by atoms with Crippen LogP contribution in [0, 0.1) is 0 Å². The zero-order valence-corrected chi connectivity index (χ0v) is 24.8. The molecular weight excluding hydrogens is 564 g/mol. The number of benzene rings is 3. The molecule has 3 aromatic rings. The van der Waals surface area contributed by atoms with Crippen molar-refractivity contribution in [1.29, 1.82) is 0 Å². The quantitative estimate of drug-likeness (QED) is 0.240. The number of carbonyl (C=O) groups is 2. The summed E-state index contributed by atoms with van der Waals surface area (Å²) in [5.74, 6) is 0.441. The molecule has 3 aromatic carbocycles. The van der Waals surface area contributed by atoms with Crippen molar-refractivity contribution in [3.63, 3.8) is 0 Å². The van der Waals surface area contributed by atoms with Crippen LogP contribution in [0.1, 0.15) is 56.7 Å². The molecule has 202 valence electrons. The van der Waals surface area contributed by atoms with Crippen molar-refractivity contribution < 1.29 is 14.3 Å². The molecule has 0 saturated carbocycles. The summed E-state index contributed by atoms with van der Waals surface area (Å²) in [4.78, 5) is 28.9.